The molecule has 1 fully saturated rings. The van der Waals surface area contributed by atoms with E-state index in [1.165, 1.54) is 13.0 Å². The summed E-state index contributed by atoms with van der Waals surface area (Å²) in [7, 11) is 0. The molecule has 1 atom stereocenters. The van der Waals surface area contributed by atoms with E-state index < -0.39 is 22.0 Å². The molecule has 1 unspecified atom stereocenters. The van der Waals surface area contributed by atoms with Crippen molar-refractivity contribution in [2.75, 3.05) is 0 Å². The second-order valence-electron chi connectivity index (χ2n) is 4.80. The van der Waals surface area contributed by atoms with Crippen LogP contribution in [0.2, 0.25) is 0 Å². The summed E-state index contributed by atoms with van der Waals surface area (Å²) < 4.78 is 0. The summed E-state index contributed by atoms with van der Waals surface area (Å²) in [4.78, 5) is 32.4. The molecule has 10 nitrogen and oxygen atoms in total. The Hall–Kier alpha value is -2.95. The molecule has 0 bridgehead atoms. The van der Waals surface area contributed by atoms with E-state index in [2.05, 4.69) is 15.5 Å². The van der Waals surface area contributed by atoms with Crippen molar-refractivity contribution in [3.63, 3.8) is 0 Å². The molecule has 1 saturated heterocycles. The Labute approximate surface area is 139 Å². The second-order valence-corrected chi connectivity index (χ2v) is 5.99. The average Bonchev–Trinajstić information content (AvgIpc) is 2.80. The van der Waals surface area contributed by atoms with Gasteiger partial charge in [-0.15, -0.1) is 5.10 Å². The van der Waals surface area contributed by atoms with Gasteiger partial charge in [0.1, 0.15) is 11.0 Å². The standard InChI is InChI=1S/C13H12N4O6S/c1-6-2-9(18)7(3-8(6)17(22)23)5-14-16-13-15-12(21)10(24-13)4-11(19)20/h2-3,5,10,18H,4H2,1H3,(H,19,20)(H,15,16,21). The number of phenolic OH excluding ortho intramolecular Hbond substituents is 1. The summed E-state index contributed by atoms with van der Waals surface area (Å²) in [5, 5.41) is 38.4. The Morgan fingerprint density at radius 2 is 2.25 bits per heavy atom. The highest BCUT2D eigenvalue weighted by atomic mass is 32.2. The van der Waals surface area contributed by atoms with E-state index in [-0.39, 0.29) is 28.6 Å². The zero-order valence-corrected chi connectivity index (χ0v) is 13.1. The maximum atomic E-state index is 11.5. The third-order valence-corrected chi connectivity index (χ3v) is 4.10. The quantitative estimate of drug-likeness (QED) is 0.405. The third kappa shape index (κ3) is 4.07. The van der Waals surface area contributed by atoms with Crippen molar-refractivity contribution in [2.24, 2.45) is 10.2 Å². The van der Waals surface area contributed by atoms with Crippen LogP contribution in [-0.2, 0) is 9.59 Å². The monoisotopic (exact) mass is 352 g/mol. The molecule has 0 saturated carbocycles. The van der Waals surface area contributed by atoms with Gasteiger partial charge in [0, 0.05) is 17.2 Å². The van der Waals surface area contributed by atoms with Crippen LogP contribution in [0, 0.1) is 17.0 Å². The summed E-state index contributed by atoms with van der Waals surface area (Å²) in [6.07, 6.45) is 0.760. The van der Waals surface area contributed by atoms with Gasteiger partial charge in [-0.2, -0.15) is 5.10 Å². The van der Waals surface area contributed by atoms with Crippen molar-refractivity contribution in [1.29, 1.82) is 0 Å². The number of carbonyl (C=O) groups excluding carboxylic acids is 1. The Bertz CT molecular complexity index is 776. The molecule has 1 aliphatic heterocycles. The van der Waals surface area contributed by atoms with Gasteiger partial charge in [-0.3, -0.25) is 19.7 Å². The molecule has 3 N–H and O–H groups in total. The van der Waals surface area contributed by atoms with Crippen molar-refractivity contribution in [1.82, 2.24) is 5.32 Å². The number of carbonyl (C=O) groups is 2. The first kappa shape index (κ1) is 17.4. The summed E-state index contributed by atoms with van der Waals surface area (Å²) in [5.41, 5.74) is 0.219. The SMILES string of the molecule is Cc1cc(O)c(C=NN=C2NC(=O)C(CC(=O)O)S2)cc1[N+](=O)[O-]. The molecule has 0 aromatic heterocycles. The molecular formula is C13H12N4O6S. The number of carboxylic acid groups (broad SMARTS) is 1. The van der Waals surface area contributed by atoms with Crippen LogP contribution in [0.1, 0.15) is 17.5 Å². The normalized spacial score (nSPS) is 19.0. The van der Waals surface area contributed by atoms with Crippen LogP contribution in [0.5, 0.6) is 5.75 Å². The maximum Gasteiger partial charge on any atom is 0.305 e. The molecule has 126 valence electrons. The number of aryl methyl sites for hydroxylation is 1. The first-order valence-corrected chi connectivity index (χ1v) is 7.44. The number of amidine groups is 1. The maximum absolute atomic E-state index is 11.5. The Morgan fingerprint density at radius 3 is 2.88 bits per heavy atom. The number of thioether (sulfide) groups is 1. The van der Waals surface area contributed by atoms with Gasteiger partial charge < -0.3 is 15.5 Å². The van der Waals surface area contributed by atoms with Gasteiger partial charge in [0.05, 0.1) is 17.6 Å². The fourth-order valence-electron chi connectivity index (χ4n) is 1.89. The third-order valence-electron chi connectivity index (χ3n) is 3.02. The van der Waals surface area contributed by atoms with Crippen molar-refractivity contribution in [2.45, 2.75) is 18.6 Å². The summed E-state index contributed by atoms with van der Waals surface area (Å²) >= 11 is 0.921. The highest BCUT2D eigenvalue weighted by Gasteiger charge is 2.32. The fourth-order valence-corrected chi connectivity index (χ4v) is 2.80. The predicted molar refractivity (Wildman–Crippen MR) is 86.3 cm³/mol. The lowest BCUT2D eigenvalue weighted by atomic mass is 10.1. The number of rotatable bonds is 5. The number of nitrogens with one attached hydrogen (secondary N) is 1. The number of carboxylic acids is 1. The number of aromatic hydroxyl groups is 1. The van der Waals surface area contributed by atoms with Crippen LogP contribution >= 0.6 is 11.8 Å². The Kier molecular flexibility index (Phi) is 5.14. The lowest BCUT2D eigenvalue weighted by molar-refractivity contribution is -0.385. The van der Waals surface area contributed by atoms with Crippen molar-refractivity contribution in [3.8, 4) is 5.75 Å². The number of hydrogen-bond donors (Lipinski definition) is 3. The van der Waals surface area contributed by atoms with Gasteiger partial charge >= 0.3 is 5.97 Å². The molecule has 24 heavy (non-hydrogen) atoms. The number of hydrogen-bond acceptors (Lipinski definition) is 8. The van der Waals surface area contributed by atoms with E-state index in [1.54, 1.807) is 0 Å². The second kappa shape index (κ2) is 7.08. The van der Waals surface area contributed by atoms with E-state index in [9.17, 15) is 24.8 Å². The van der Waals surface area contributed by atoms with Crippen molar-refractivity contribution in [3.05, 3.63) is 33.4 Å². The van der Waals surface area contributed by atoms with E-state index >= 15 is 0 Å². The lowest BCUT2D eigenvalue weighted by Crippen LogP contribution is -2.26. The highest BCUT2D eigenvalue weighted by molar-refractivity contribution is 8.15. The van der Waals surface area contributed by atoms with Crippen LogP contribution in [0.3, 0.4) is 0 Å². The molecule has 0 aliphatic carbocycles. The predicted octanol–water partition coefficient (Wildman–Crippen LogP) is 1.01. The van der Waals surface area contributed by atoms with E-state index in [4.69, 9.17) is 5.11 Å². The van der Waals surface area contributed by atoms with Crippen LogP contribution in [-0.4, -0.2) is 43.6 Å². The number of amides is 1. The molecule has 1 aromatic rings. The summed E-state index contributed by atoms with van der Waals surface area (Å²) in [6, 6.07) is 2.39. The molecule has 1 amide bonds. The van der Waals surface area contributed by atoms with Crippen LogP contribution in [0.4, 0.5) is 5.69 Å². The minimum absolute atomic E-state index is 0.0908. The number of nitro benzene ring substituents is 1. The minimum atomic E-state index is -1.11. The number of aliphatic carboxylic acids is 1. The first-order chi connectivity index (χ1) is 11.3. The van der Waals surface area contributed by atoms with Crippen molar-refractivity contribution < 1.29 is 24.7 Å². The van der Waals surface area contributed by atoms with E-state index in [1.807, 2.05) is 0 Å². The van der Waals surface area contributed by atoms with Gasteiger partial charge in [0.2, 0.25) is 5.91 Å². The molecule has 11 heteroatoms. The summed E-state index contributed by atoms with van der Waals surface area (Å²) in [5.74, 6) is -1.79. The smallest absolute Gasteiger partial charge is 0.305 e. The zero-order valence-electron chi connectivity index (χ0n) is 12.3. The van der Waals surface area contributed by atoms with Gasteiger partial charge in [-0.05, 0) is 13.0 Å². The molecule has 1 heterocycles. The van der Waals surface area contributed by atoms with Gasteiger partial charge in [-0.1, -0.05) is 11.8 Å². The van der Waals surface area contributed by atoms with Crippen LogP contribution < -0.4 is 5.32 Å². The molecule has 0 spiro atoms. The number of nitro groups is 1. The Balaban J connectivity index is 2.15. The van der Waals surface area contributed by atoms with E-state index in [0.717, 1.165) is 24.0 Å². The van der Waals surface area contributed by atoms with Crippen molar-refractivity contribution >= 4 is 40.7 Å². The minimum Gasteiger partial charge on any atom is -0.507 e. The largest absolute Gasteiger partial charge is 0.507 e. The number of benzene rings is 1. The average molecular weight is 352 g/mol. The fraction of sp³-hybridized carbons (Fsp3) is 0.231. The highest BCUT2D eigenvalue weighted by Crippen LogP contribution is 2.26. The van der Waals surface area contributed by atoms with Gasteiger partial charge in [0.15, 0.2) is 5.17 Å². The number of nitrogens with zero attached hydrogens (tertiary/aromatic N) is 3. The Morgan fingerprint density at radius 1 is 1.54 bits per heavy atom. The van der Waals surface area contributed by atoms with Gasteiger partial charge in [-0.25, -0.2) is 0 Å². The molecular weight excluding hydrogens is 340 g/mol. The molecule has 2 rings (SSSR count). The molecule has 1 aromatic carbocycles. The molecule has 0 radical (unpaired) electrons. The van der Waals surface area contributed by atoms with Gasteiger partial charge in [0.25, 0.3) is 5.69 Å². The summed E-state index contributed by atoms with van der Waals surface area (Å²) in [6.45, 7) is 1.49. The first-order valence-electron chi connectivity index (χ1n) is 6.56. The molecule has 1 aliphatic rings. The zero-order chi connectivity index (χ0) is 17.9. The number of phenols is 1. The lowest BCUT2D eigenvalue weighted by Gasteiger charge is -2.01. The van der Waals surface area contributed by atoms with Crippen LogP contribution in [0.25, 0.3) is 0 Å². The topological polar surface area (TPSA) is 154 Å². The van der Waals surface area contributed by atoms with E-state index in [0.29, 0.717) is 5.56 Å². The van der Waals surface area contributed by atoms with Crippen LogP contribution in [0.15, 0.2) is 22.3 Å².